The number of benzene rings is 1. The van der Waals surface area contributed by atoms with Crippen molar-refractivity contribution in [3.63, 3.8) is 0 Å². The molecule has 128 valence electrons. The molecular weight excluding hydrogens is 288 g/mol. The predicted molar refractivity (Wildman–Crippen MR) is 95.0 cm³/mol. The maximum absolute atomic E-state index is 12.3. The van der Waals surface area contributed by atoms with Gasteiger partial charge in [0.1, 0.15) is 5.75 Å². The quantitative estimate of drug-likeness (QED) is 0.735. The number of rotatable bonds is 8. The van der Waals surface area contributed by atoms with Crippen molar-refractivity contribution < 1.29 is 9.53 Å². The second-order valence-corrected chi connectivity index (χ2v) is 6.38. The highest BCUT2D eigenvalue weighted by Crippen LogP contribution is 2.22. The molecule has 1 aromatic carbocycles. The number of nitrogens with zero attached hydrogens (tertiary/aromatic N) is 1. The Bertz CT molecular complexity index is 484. The molecule has 0 unspecified atom stereocenters. The molecule has 0 aliphatic heterocycles. The van der Waals surface area contributed by atoms with Crippen LogP contribution in [0.1, 0.15) is 51.9 Å². The Hall–Kier alpha value is -1.71. The lowest BCUT2D eigenvalue weighted by Gasteiger charge is -2.31. The van der Waals surface area contributed by atoms with Crippen LogP contribution >= 0.6 is 0 Å². The molecule has 4 nitrogen and oxygen atoms in total. The number of hydrogen-bond acceptors (Lipinski definition) is 3. The Labute approximate surface area is 140 Å². The number of hydrogen-bond donors (Lipinski definition) is 1. The summed E-state index contributed by atoms with van der Waals surface area (Å²) in [5.41, 5.74) is 0.935. The summed E-state index contributed by atoms with van der Waals surface area (Å²) in [4.78, 5) is 14.3. The monoisotopic (exact) mass is 318 g/mol. The van der Waals surface area contributed by atoms with Crippen LogP contribution in [-0.2, 0) is 4.79 Å². The molecule has 1 aliphatic rings. The van der Waals surface area contributed by atoms with E-state index in [1.54, 1.807) is 0 Å². The van der Waals surface area contributed by atoms with Gasteiger partial charge in [-0.1, -0.05) is 38.7 Å². The summed E-state index contributed by atoms with van der Waals surface area (Å²) in [6, 6.07) is 8.27. The van der Waals surface area contributed by atoms with Crippen LogP contribution in [0, 0.1) is 0 Å². The normalized spacial score (nSPS) is 15.2. The third-order valence-corrected chi connectivity index (χ3v) is 4.56. The minimum absolute atomic E-state index is 0.161. The third-order valence-electron chi connectivity index (χ3n) is 4.56. The average Bonchev–Trinajstić information content (AvgIpc) is 2.60. The minimum atomic E-state index is 0.161. The maximum Gasteiger partial charge on any atom is 0.241 e. The van der Waals surface area contributed by atoms with Crippen molar-refractivity contribution in [3.05, 3.63) is 24.3 Å². The van der Waals surface area contributed by atoms with Gasteiger partial charge in [0.25, 0.3) is 0 Å². The van der Waals surface area contributed by atoms with E-state index >= 15 is 0 Å². The Morgan fingerprint density at radius 1 is 1.30 bits per heavy atom. The van der Waals surface area contributed by atoms with Crippen LogP contribution in [0.5, 0.6) is 5.75 Å². The van der Waals surface area contributed by atoms with Gasteiger partial charge in [-0.05, 0) is 31.4 Å². The van der Waals surface area contributed by atoms with Crippen molar-refractivity contribution in [2.24, 2.45) is 0 Å². The number of nitrogens with one attached hydrogen (secondary N) is 1. The molecule has 0 radical (unpaired) electrons. The fourth-order valence-electron chi connectivity index (χ4n) is 3.00. The van der Waals surface area contributed by atoms with Gasteiger partial charge in [-0.2, -0.15) is 0 Å². The molecule has 2 rings (SSSR count). The van der Waals surface area contributed by atoms with Crippen molar-refractivity contribution in [2.45, 2.75) is 57.9 Å². The summed E-state index contributed by atoms with van der Waals surface area (Å²) in [5, 5.41) is 3.22. The van der Waals surface area contributed by atoms with E-state index < -0.39 is 0 Å². The van der Waals surface area contributed by atoms with Crippen LogP contribution in [0.4, 0.5) is 5.69 Å². The van der Waals surface area contributed by atoms with E-state index in [0.717, 1.165) is 43.7 Å². The summed E-state index contributed by atoms with van der Waals surface area (Å²) in [6.07, 6.45) is 8.26. The lowest BCUT2D eigenvalue weighted by Crippen LogP contribution is -2.41. The van der Waals surface area contributed by atoms with Gasteiger partial charge in [-0.15, -0.1) is 0 Å². The van der Waals surface area contributed by atoms with Crippen LogP contribution in [0.2, 0.25) is 0 Å². The summed E-state index contributed by atoms with van der Waals surface area (Å²) >= 11 is 0. The number of carbonyl (C=O) groups is 1. The lowest BCUT2D eigenvalue weighted by atomic mass is 9.94. The highest BCUT2D eigenvalue weighted by molar-refractivity contribution is 5.81. The van der Waals surface area contributed by atoms with Gasteiger partial charge in [-0.25, -0.2) is 0 Å². The number of unbranched alkanes of at least 4 members (excludes halogenated alkanes) is 1. The molecule has 1 fully saturated rings. The van der Waals surface area contributed by atoms with E-state index in [4.69, 9.17) is 4.74 Å². The van der Waals surface area contributed by atoms with Crippen molar-refractivity contribution in [2.75, 3.05) is 25.5 Å². The molecule has 0 saturated heterocycles. The highest BCUT2D eigenvalue weighted by Gasteiger charge is 2.21. The zero-order valence-corrected chi connectivity index (χ0v) is 14.5. The van der Waals surface area contributed by atoms with Gasteiger partial charge in [-0.3, -0.25) is 4.79 Å². The Balaban J connectivity index is 1.80. The van der Waals surface area contributed by atoms with E-state index in [0.29, 0.717) is 12.6 Å². The molecule has 0 bridgehead atoms. The number of carbonyl (C=O) groups excluding carboxylic acids is 1. The highest BCUT2D eigenvalue weighted by atomic mass is 16.5. The topological polar surface area (TPSA) is 41.6 Å². The van der Waals surface area contributed by atoms with Crippen LogP contribution in [-0.4, -0.2) is 37.0 Å². The van der Waals surface area contributed by atoms with E-state index in [-0.39, 0.29) is 5.91 Å². The zero-order valence-electron chi connectivity index (χ0n) is 14.5. The maximum atomic E-state index is 12.3. The molecule has 0 heterocycles. The number of likely N-dealkylation sites (N-methyl/N-ethyl adjacent to an activating group) is 1. The van der Waals surface area contributed by atoms with Gasteiger partial charge in [0, 0.05) is 24.8 Å². The first kappa shape index (κ1) is 17.6. The number of amides is 1. The first-order chi connectivity index (χ1) is 11.2. The molecule has 0 aromatic heterocycles. The second-order valence-electron chi connectivity index (χ2n) is 6.38. The van der Waals surface area contributed by atoms with Gasteiger partial charge >= 0.3 is 0 Å². The summed E-state index contributed by atoms with van der Waals surface area (Å²) in [7, 11) is 1.93. The molecule has 1 amide bonds. The zero-order chi connectivity index (χ0) is 16.5. The summed E-state index contributed by atoms with van der Waals surface area (Å²) < 4.78 is 5.70. The molecule has 0 atom stereocenters. The molecule has 1 aromatic rings. The molecule has 4 heteroatoms. The predicted octanol–water partition coefficient (Wildman–Crippen LogP) is 4.07. The Morgan fingerprint density at radius 2 is 2.09 bits per heavy atom. The Morgan fingerprint density at radius 3 is 2.83 bits per heavy atom. The first-order valence-electron chi connectivity index (χ1n) is 8.93. The molecule has 23 heavy (non-hydrogen) atoms. The van der Waals surface area contributed by atoms with E-state index in [2.05, 4.69) is 12.2 Å². The van der Waals surface area contributed by atoms with Crippen LogP contribution in [0.25, 0.3) is 0 Å². The molecule has 0 spiro atoms. The molecule has 1 saturated carbocycles. The largest absolute Gasteiger partial charge is 0.494 e. The van der Waals surface area contributed by atoms with Gasteiger partial charge in [0.15, 0.2) is 0 Å². The fourth-order valence-corrected chi connectivity index (χ4v) is 3.00. The van der Waals surface area contributed by atoms with E-state index in [1.165, 1.54) is 19.3 Å². The van der Waals surface area contributed by atoms with Gasteiger partial charge in [0.2, 0.25) is 5.91 Å². The number of anilines is 1. The van der Waals surface area contributed by atoms with Gasteiger partial charge in [0.05, 0.1) is 13.2 Å². The van der Waals surface area contributed by atoms with Crippen molar-refractivity contribution in [3.8, 4) is 5.75 Å². The molecular formula is C19H30N2O2. The Kier molecular flexibility index (Phi) is 7.24. The van der Waals surface area contributed by atoms with Crippen LogP contribution < -0.4 is 10.1 Å². The summed E-state index contributed by atoms with van der Waals surface area (Å²) in [5.74, 6) is 1.02. The second kappa shape index (κ2) is 9.43. The van der Waals surface area contributed by atoms with Crippen molar-refractivity contribution in [1.82, 2.24) is 4.90 Å². The van der Waals surface area contributed by atoms with Gasteiger partial charge < -0.3 is 15.0 Å². The molecule has 1 aliphatic carbocycles. The van der Waals surface area contributed by atoms with E-state index in [1.807, 2.05) is 36.2 Å². The average molecular weight is 318 g/mol. The van der Waals surface area contributed by atoms with Crippen molar-refractivity contribution in [1.29, 1.82) is 0 Å². The van der Waals surface area contributed by atoms with Crippen molar-refractivity contribution >= 4 is 11.6 Å². The standard InChI is InChI=1S/C19H30N2O2/c1-3-4-13-23-18-12-8-9-16(14-18)20-15-19(22)21(2)17-10-6-5-7-11-17/h8-9,12,14,17,20H,3-7,10-11,13,15H2,1-2H3. The summed E-state index contributed by atoms with van der Waals surface area (Å²) in [6.45, 7) is 3.23. The first-order valence-corrected chi connectivity index (χ1v) is 8.93. The lowest BCUT2D eigenvalue weighted by molar-refractivity contribution is -0.130. The fraction of sp³-hybridized carbons (Fsp3) is 0.632. The third kappa shape index (κ3) is 5.77. The SMILES string of the molecule is CCCCOc1cccc(NCC(=O)N(C)C2CCCCC2)c1. The smallest absolute Gasteiger partial charge is 0.241 e. The van der Waals surface area contributed by atoms with E-state index in [9.17, 15) is 4.79 Å². The van der Waals surface area contributed by atoms with Crippen LogP contribution in [0.3, 0.4) is 0 Å². The minimum Gasteiger partial charge on any atom is -0.494 e. The molecule has 1 N–H and O–H groups in total. The number of ether oxygens (including phenoxy) is 1. The van der Waals surface area contributed by atoms with Crippen LogP contribution in [0.15, 0.2) is 24.3 Å².